The number of thioether (sulfide) groups is 1. The number of rotatable bonds is 6. The molecular weight excluding hydrogens is 240 g/mol. The summed E-state index contributed by atoms with van der Waals surface area (Å²) in [5, 5.41) is 2.44. The van der Waals surface area contributed by atoms with Crippen molar-refractivity contribution in [1.29, 1.82) is 0 Å². The molecule has 0 unspecified atom stereocenters. The van der Waals surface area contributed by atoms with Gasteiger partial charge in [-0.3, -0.25) is 0 Å². The van der Waals surface area contributed by atoms with Crippen LogP contribution in [0.25, 0.3) is 0 Å². The van der Waals surface area contributed by atoms with E-state index in [4.69, 9.17) is 0 Å². The van der Waals surface area contributed by atoms with Crippen molar-refractivity contribution in [2.24, 2.45) is 0 Å². The predicted octanol–water partition coefficient (Wildman–Crippen LogP) is 0.329. The van der Waals surface area contributed by atoms with Crippen LogP contribution in [0.4, 0.5) is 0 Å². The molecule has 1 fully saturated rings. The summed E-state index contributed by atoms with van der Waals surface area (Å²) in [4.78, 5) is 3.23. The summed E-state index contributed by atoms with van der Waals surface area (Å²) in [6.45, 7) is 8.91. The van der Waals surface area contributed by atoms with E-state index in [2.05, 4.69) is 36.5 Å². The van der Waals surface area contributed by atoms with Crippen LogP contribution in [0.5, 0.6) is 0 Å². The second-order valence-corrected chi connectivity index (χ2v) is 6.40. The van der Waals surface area contributed by atoms with Gasteiger partial charge in [0, 0.05) is 4.90 Å². The number of aryl methyl sites for hydroxylation is 1. The van der Waals surface area contributed by atoms with E-state index in [1.54, 1.807) is 0 Å². The molecule has 3 N–H and O–H groups in total. The molecule has 0 spiro atoms. The van der Waals surface area contributed by atoms with Gasteiger partial charge in [-0.25, -0.2) is 0 Å². The summed E-state index contributed by atoms with van der Waals surface area (Å²) in [6, 6.07) is 8.89. The first-order chi connectivity index (χ1) is 8.84. The first kappa shape index (κ1) is 13.9. The molecule has 2 rings (SSSR count). The minimum Gasteiger partial charge on any atom is -0.337 e. The van der Waals surface area contributed by atoms with E-state index >= 15 is 0 Å². The number of nitrogens with one attached hydrogen (secondary N) is 1. The molecule has 0 amide bonds. The van der Waals surface area contributed by atoms with Crippen molar-refractivity contribution in [1.82, 2.24) is 0 Å². The normalized spacial score (nSPS) is 16.9. The van der Waals surface area contributed by atoms with E-state index in [1.165, 1.54) is 61.8 Å². The van der Waals surface area contributed by atoms with Gasteiger partial charge in [0.2, 0.25) is 0 Å². The Labute approximate surface area is 115 Å². The van der Waals surface area contributed by atoms with Crippen LogP contribution in [0.1, 0.15) is 18.4 Å². The summed E-state index contributed by atoms with van der Waals surface area (Å²) in [6.07, 6.45) is 2.74. The molecule has 0 aliphatic carbocycles. The monoisotopic (exact) mass is 266 g/mol. The minimum absolute atomic E-state index is 1.27. The van der Waals surface area contributed by atoms with Gasteiger partial charge in [-0.2, -0.15) is 0 Å². The lowest BCUT2D eigenvalue weighted by Crippen LogP contribution is -3.20. The van der Waals surface area contributed by atoms with E-state index < -0.39 is 0 Å². The molecule has 0 atom stereocenters. The molecule has 1 aromatic carbocycles. The fourth-order valence-electron chi connectivity index (χ4n) is 2.43. The molecular formula is C15H26N2S+2. The zero-order chi connectivity index (χ0) is 12.6. The van der Waals surface area contributed by atoms with Gasteiger partial charge >= 0.3 is 0 Å². The minimum atomic E-state index is 1.27. The van der Waals surface area contributed by atoms with Gasteiger partial charge in [0.25, 0.3) is 0 Å². The van der Waals surface area contributed by atoms with Gasteiger partial charge in [0.1, 0.15) is 26.2 Å². The Balaban J connectivity index is 1.54. The van der Waals surface area contributed by atoms with Gasteiger partial charge in [-0.1, -0.05) is 17.7 Å². The highest BCUT2D eigenvalue weighted by molar-refractivity contribution is 7.99. The lowest BCUT2D eigenvalue weighted by molar-refractivity contribution is -0.946. The summed E-state index contributed by atoms with van der Waals surface area (Å²) in [5.74, 6) is 1.27. The number of nitrogens with two attached hydrogens (primary N) is 1. The van der Waals surface area contributed by atoms with Crippen LogP contribution in [0.3, 0.4) is 0 Å². The van der Waals surface area contributed by atoms with E-state index in [0.717, 1.165) is 0 Å². The highest BCUT2D eigenvalue weighted by Gasteiger charge is 2.14. The summed E-state index contributed by atoms with van der Waals surface area (Å²) in [7, 11) is 0. The van der Waals surface area contributed by atoms with Crippen molar-refractivity contribution >= 4 is 11.8 Å². The third kappa shape index (κ3) is 5.01. The van der Waals surface area contributed by atoms with Crippen molar-refractivity contribution < 1.29 is 10.2 Å². The Morgan fingerprint density at radius 3 is 2.56 bits per heavy atom. The standard InChI is InChI=1S/C15H24N2S/c1-14-4-6-15(7-5-14)18-13-3-2-10-17-11-8-16-9-12-17/h4-7,16H,2-3,8-13H2,1H3/p+2. The number of quaternary nitrogens is 2. The number of piperazine rings is 1. The molecule has 18 heavy (non-hydrogen) atoms. The molecule has 1 saturated heterocycles. The van der Waals surface area contributed by atoms with Crippen LogP contribution in [0.15, 0.2) is 29.2 Å². The highest BCUT2D eigenvalue weighted by Crippen LogP contribution is 2.19. The molecule has 100 valence electrons. The number of benzene rings is 1. The van der Waals surface area contributed by atoms with Gasteiger partial charge < -0.3 is 10.2 Å². The maximum absolute atomic E-state index is 2.44. The fourth-order valence-corrected chi connectivity index (χ4v) is 3.35. The van der Waals surface area contributed by atoms with Crippen molar-refractivity contribution in [3.63, 3.8) is 0 Å². The molecule has 1 aliphatic rings. The molecule has 0 saturated carbocycles. The topological polar surface area (TPSA) is 21.1 Å². The van der Waals surface area contributed by atoms with E-state index in [0.29, 0.717) is 0 Å². The largest absolute Gasteiger partial charge is 0.337 e. The van der Waals surface area contributed by atoms with Crippen molar-refractivity contribution in [3.8, 4) is 0 Å². The van der Waals surface area contributed by atoms with Crippen molar-refractivity contribution in [2.75, 3.05) is 38.5 Å². The van der Waals surface area contributed by atoms with Crippen LogP contribution >= 0.6 is 11.8 Å². The Morgan fingerprint density at radius 1 is 1.11 bits per heavy atom. The van der Waals surface area contributed by atoms with Gasteiger partial charge in [0.15, 0.2) is 0 Å². The Morgan fingerprint density at radius 2 is 1.83 bits per heavy atom. The summed E-state index contributed by atoms with van der Waals surface area (Å²) < 4.78 is 0. The molecule has 0 radical (unpaired) electrons. The fraction of sp³-hybridized carbons (Fsp3) is 0.600. The van der Waals surface area contributed by atoms with Crippen LogP contribution in [0, 0.1) is 6.92 Å². The van der Waals surface area contributed by atoms with E-state index in [9.17, 15) is 0 Å². The maximum atomic E-state index is 2.44. The molecule has 1 aliphatic heterocycles. The van der Waals surface area contributed by atoms with Gasteiger partial charge in [0.05, 0.1) is 6.54 Å². The van der Waals surface area contributed by atoms with Crippen LogP contribution in [-0.2, 0) is 0 Å². The first-order valence-corrected chi connectivity index (χ1v) is 8.18. The number of hydrogen-bond donors (Lipinski definition) is 2. The maximum Gasteiger partial charge on any atom is 0.127 e. The lowest BCUT2D eigenvalue weighted by atomic mass is 10.2. The number of hydrogen-bond acceptors (Lipinski definition) is 1. The average molecular weight is 266 g/mol. The zero-order valence-corrected chi connectivity index (χ0v) is 12.3. The SMILES string of the molecule is Cc1ccc(SCCCC[NH+]2CC[NH2+]CC2)cc1. The van der Waals surface area contributed by atoms with Gasteiger partial charge in [-0.05, 0) is 37.7 Å². The third-order valence-electron chi connectivity index (χ3n) is 3.62. The van der Waals surface area contributed by atoms with Crippen LogP contribution < -0.4 is 10.2 Å². The quantitative estimate of drug-likeness (QED) is 0.562. The summed E-state index contributed by atoms with van der Waals surface area (Å²) >= 11 is 2.00. The molecule has 0 bridgehead atoms. The Bertz CT molecular complexity index is 331. The van der Waals surface area contributed by atoms with Crippen molar-refractivity contribution in [3.05, 3.63) is 29.8 Å². The Hall–Kier alpha value is -0.510. The number of unbranched alkanes of at least 4 members (excludes halogenated alkanes) is 1. The first-order valence-electron chi connectivity index (χ1n) is 7.19. The predicted molar refractivity (Wildman–Crippen MR) is 78.4 cm³/mol. The molecule has 0 aromatic heterocycles. The van der Waals surface area contributed by atoms with Crippen LogP contribution in [0.2, 0.25) is 0 Å². The highest BCUT2D eigenvalue weighted by atomic mass is 32.2. The molecule has 1 aromatic rings. The van der Waals surface area contributed by atoms with Crippen molar-refractivity contribution in [2.45, 2.75) is 24.7 Å². The molecule has 2 nitrogen and oxygen atoms in total. The second kappa shape index (κ2) is 7.82. The lowest BCUT2D eigenvalue weighted by Gasteiger charge is -2.21. The van der Waals surface area contributed by atoms with Gasteiger partial charge in [-0.15, -0.1) is 11.8 Å². The van der Waals surface area contributed by atoms with E-state index in [1.807, 2.05) is 16.7 Å². The zero-order valence-electron chi connectivity index (χ0n) is 11.5. The summed E-state index contributed by atoms with van der Waals surface area (Å²) in [5.41, 5.74) is 1.35. The van der Waals surface area contributed by atoms with Crippen LogP contribution in [-0.4, -0.2) is 38.5 Å². The smallest absolute Gasteiger partial charge is 0.127 e. The molecule has 1 heterocycles. The second-order valence-electron chi connectivity index (χ2n) is 5.23. The average Bonchev–Trinajstić information content (AvgIpc) is 2.42. The third-order valence-corrected chi connectivity index (χ3v) is 4.72. The molecule has 3 heteroatoms. The van der Waals surface area contributed by atoms with E-state index in [-0.39, 0.29) is 0 Å². The Kier molecular flexibility index (Phi) is 6.05.